The van der Waals surface area contributed by atoms with Crippen LogP contribution in [-0.2, 0) is 4.74 Å². The molecule has 0 radical (unpaired) electrons. The summed E-state index contributed by atoms with van der Waals surface area (Å²) in [5.74, 6) is 0. The van der Waals surface area contributed by atoms with Crippen molar-refractivity contribution >= 4 is 5.69 Å². The maximum Gasteiger partial charge on any atom is 0.0781 e. The Labute approximate surface area is 104 Å². The third-order valence-electron chi connectivity index (χ3n) is 2.82. The van der Waals surface area contributed by atoms with Gasteiger partial charge in [0.25, 0.3) is 0 Å². The van der Waals surface area contributed by atoms with Crippen LogP contribution >= 0.6 is 0 Å². The van der Waals surface area contributed by atoms with E-state index in [0.717, 1.165) is 37.6 Å². The van der Waals surface area contributed by atoms with Gasteiger partial charge < -0.3 is 14.7 Å². The van der Waals surface area contributed by atoms with Crippen LogP contribution in [0.5, 0.6) is 0 Å². The lowest BCUT2D eigenvalue weighted by molar-refractivity contribution is 0.153. The molecule has 0 heterocycles. The molecule has 1 N–H and O–H groups in total. The van der Waals surface area contributed by atoms with Crippen LogP contribution in [0, 0.1) is 0 Å². The molecule has 0 aliphatic rings. The molecule has 0 amide bonds. The molecular formula is C14H23NO2. The lowest BCUT2D eigenvalue weighted by Gasteiger charge is -2.26. The van der Waals surface area contributed by atoms with Crippen molar-refractivity contribution in [3.05, 3.63) is 29.8 Å². The van der Waals surface area contributed by atoms with E-state index in [1.165, 1.54) is 0 Å². The molecule has 1 atom stereocenters. The van der Waals surface area contributed by atoms with Crippen LogP contribution in [-0.4, -0.2) is 31.4 Å². The van der Waals surface area contributed by atoms with Gasteiger partial charge in [-0.2, -0.15) is 0 Å². The fourth-order valence-electron chi connectivity index (χ4n) is 1.90. The first-order chi connectivity index (χ1) is 8.20. The summed E-state index contributed by atoms with van der Waals surface area (Å²) < 4.78 is 5.38. The molecule has 1 aromatic carbocycles. The van der Waals surface area contributed by atoms with Crippen LogP contribution in [0.4, 0.5) is 5.69 Å². The Morgan fingerprint density at radius 2 is 2.00 bits per heavy atom. The summed E-state index contributed by atoms with van der Waals surface area (Å²) in [5.41, 5.74) is 2.08. The van der Waals surface area contributed by atoms with E-state index in [-0.39, 0.29) is 0 Å². The van der Waals surface area contributed by atoms with Crippen LogP contribution in [0.2, 0.25) is 0 Å². The molecule has 1 aromatic rings. The highest BCUT2D eigenvalue weighted by Crippen LogP contribution is 2.25. The first-order valence-electron chi connectivity index (χ1n) is 6.30. The normalized spacial score (nSPS) is 12.5. The molecule has 0 aromatic heterocycles. The molecule has 0 aliphatic heterocycles. The number of benzene rings is 1. The van der Waals surface area contributed by atoms with Crippen LogP contribution in [0.1, 0.15) is 32.4 Å². The molecule has 96 valence electrons. The Morgan fingerprint density at radius 3 is 2.59 bits per heavy atom. The zero-order valence-electron chi connectivity index (χ0n) is 11.0. The second-order valence-electron chi connectivity index (χ2n) is 4.01. The Balaban J connectivity index is 2.79. The van der Waals surface area contributed by atoms with Crippen molar-refractivity contribution in [2.75, 3.05) is 31.2 Å². The van der Waals surface area contributed by atoms with Gasteiger partial charge in [-0.05, 0) is 26.8 Å². The number of aliphatic hydroxyl groups excluding tert-OH is 1. The highest BCUT2D eigenvalue weighted by atomic mass is 16.5. The van der Waals surface area contributed by atoms with Gasteiger partial charge in [-0.3, -0.25) is 0 Å². The summed E-state index contributed by atoms with van der Waals surface area (Å²) in [5, 5.41) is 9.76. The third kappa shape index (κ3) is 4.02. The second kappa shape index (κ2) is 7.30. The molecule has 1 rings (SSSR count). The fraction of sp³-hybridized carbons (Fsp3) is 0.571. The summed E-state index contributed by atoms with van der Waals surface area (Å²) in [7, 11) is 0. The van der Waals surface area contributed by atoms with Crippen molar-refractivity contribution in [1.29, 1.82) is 0 Å². The Bertz CT molecular complexity index is 326. The van der Waals surface area contributed by atoms with E-state index in [1.54, 1.807) is 6.92 Å². The van der Waals surface area contributed by atoms with Crippen molar-refractivity contribution in [3.8, 4) is 0 Å². The third-order valence-corrected chi connectivity index (χ3v) is 2.82. The Kier molecular flexibility index (Phi) is 6.01. The Hall–Kier alpha value is -1.06. The van der Waals surface area contributed by atoms with Crippen LogP contribution in [0.15, 0.2) is 24.3 Å². The van der Waals surface area contributed by atoms with Gasteiger partial charge in [-0.1, -0.05) is 18.2 Å². The predicted octanol–water partition coefficient (Wildman–Crippen LogP) is 2.60. The standard InChI is InChI=1S/C14H23NO2/c1-4-15(10-11-17-5-2)14-9-7-6-8-13(14)12(3)16/h6-9,12,16H,4-5,10-11H2,1-3H3. The number of nitrogens with zero attached hydrogens (tertiary/aromatic N) is 1. The van der Waals surface area contributed by atoms with Gasteiger partial charge in [-0.15, -0.1) is 0 Å². The number of rotatable bonds is 7. The van der Waals surface area contributed by atoms with Gasteiger partial charge in [0.1, 0.15) is 0 Å². The lowest BCUT2D eigenvalue weighted by Crippen LogP contribution is -2.28. The van der Waals surface area contributed by atoms with Crippen molar-refractivity contribution in [1.82, 2.24) is 0 Å². The number of para-hydroxylation sites is 1. The van der Waals surface area contributed by atoms with Gasteiger partial charge in [-0.25, -0.2) is 0 Å². The molecular weight excluding hydrogens is 214 g/mol. The Morgan fingerprint density at radius 1 is 1.29 bits per heavy atom. The van der Waals surface area contributed by atoms with Crippen molar-refractivity contribution in [3.63, 3.8) is 0 Å². The van der Waals surface area contributed by atoms with E-state index in [2.05, 4.69) is 17.9 Å². The molecule has 0 aliphatic carbocycles. The molecule has 0 bridgehead atoms. The quantitative estimate of drug-likeness (QED) is 0.740. The van der Waals surface area contributed by atoms with Gasteiger partial charge >= 0.3 is 0 Å². The van der Waals surface area contributed by atoms with E-state index in [1.807, 2.05) is 25.1 Å². The summed E-state index contributed by atoms with van der Waals surface area (Å²) in [4.78, 5) is 2.23. The molecule has 3 nitrogen and oxygen atoms in total. The maximum absolute atomic E-state index is 9.76. The molecule has 17 heavy (non-hydrogen) atoms. The molecule has 0 saturated heterocycles. The molecule has 0 spiro atoms. The van der Waals surface area contributed by atoms with Crippen molar-refractivity contribution in [2.45, 2.75) is 26.9 Å². The lowest BCUT2D eigenvalue weighted by atomic mass is 10.1. The zero-order valence-corrected chi connectivity index (χ0v) is 11.0. The number of hydrogen-bond acceptors (Lipinski definition) is 3. The highest BCUT2D eigenvalue weighted by Gasteiger charge is 2.12. The molecule has 1 unspecified atom stereocenters. The second-order valence-corrected chi connectivity index (χ2v) is 4.01. The molecule has 3 heteroatoms. The predicted molar refractivity (Wildman–Crippen MR) is 71.5 cm³/mol. The van der Waals surface area contributed by atoms with Gasteiger partial charge in [0, 0.05) is 30.9 Å². The van der Waals surface area contributed by atoms with Gasteiger partial charge in [0.2, 0.25) is 0 Å². The molecule has 0 saturated carbocycles. The zero-order chi connectivity index (χ0) is 12.7. The van der Waals surface area contributed by atoms with Crippen LogP contribution in [0.3, 0.4) is 0 Å². The van der Waals surface area contributed by atoms with E-state index in [9.17, 15) is 5.11 Å². The summed E-state index contributed by atoms with van der Waals surface area (Å²) in [6.07, 6.45) is -0.438. The van der Waals surface area contributed by atoms with Crippen LogP contribution < -0.4 is 4.90 Å². The largest absolute Gasteiger partial charge is 0.389 e. The average molecular weight is 237 g/mol. The highest BCUT2D eigenvalue weighted by molar-refractivity contribution is 5.54. The van der Waals surface area contributed by atoms with Crippen molar-refractivity contribution in [2.24, 2.45) is 0 Å². The summed E-state index contributed by atoms with van der Waals surface area (Å²) in [6, 6.07) is 7.99. The van der Waals surface area contributed by atoms with E-state index in [4.69, 9.17) is 4.74 Å². The van der Waals surface area contributed by atoms with Crippen molar-refractivity contribution < 1.29 is 9.84 Å². The minimum Gasteiger partial charge on any atom is -0.389 e. The summed E-state index contributed by atoms with van der Waals surface area (Å²) >= 11 is 0. The molecule has 0 fully saturated rings. The van der Waals surface area contributed by atoms with Gasteiger partial charge in [0.05, 0.1) is 12.7 Å². The van der Waals surface area contributed by atoms with E-state index >= 15 is 0 Å². The topological polar surface area (TPSA) is 32.7 Å². The SMILES string of the molecule is CCOCCN(CC)c1ccccc1C(C)O. The first-order valence-corrected chi connectivity index (χ1v) is 6.30. The number of likely N-dealkylation sites (N-methyl/N-ethyl adjacent to an activating group) is 1. The van der Waals surface area contributed by atoms with E-state index < -0.39 is 6.10 Å². The number of ether oxygens (including phenoxy) is 1. The van der Waals surface area contributed by atoms with E-state index in [0.29, 0.717) is 0 Å². The minimum absolute atomic E-state index is 0.438. The maximum atomic E-state index is 9.76. The smallest absolute Gasteiger partial charge is 0.0781 e. The monoisotopic (exact) mass is 237 g/mol. The fourth-order valence-corrected chi connectivity index (χ4v) is 1.90. The average Bonchev–Trinajstić information content (AvgIpc) is 2.35. The van der Waals surface area contributed by atoms with Gasteiger partial charge in [0.15, 0.2) is 0 Å². The number of aliphatic hydroxyl groups is 1. The minimum atomic E-state index is -0.438. The first kappa shape index (κ1) is 14.0. The van der Waals surface area contributed by atoms with Crippen LogP contribution in [0.25, 0.3) is 0 Å². The number of anilines is 1. The number of hydrogen-bond donors (Lipinski definition) is 1. The summed E-state index contributed by atoms with van der Waals surface area (Å²) in [6.45, 7) is 9.15.